The van der Waals surface area contributed by atoms with Crippen molar-refractivity contribution in [3.63, 3.8) is 0 Å². The van der Waals surface area contributed by atoms with Crippen LogP contribution in [0.2, 0.25) is 0 Å². The standard InChI is InChI=1S/C7H12O2.C6H10O2.2C4H6O2.3C2H6/c1-4-5-9-7(8)6(2)3;1-4-8-6(7)5(2)3;2*5-4-2-1-3-6-4;3*1-2/h2,4-5H2,1,3H3;2,4H2,1,3H3;2*1-3H2;3*1-2H3. The van der Waals surface area contributed by atoms with Gasteiger partial charge in [0, 0.05) is 24.0 Å². The molecule has 208 valence electrons. The van der Waals surface area contributed by atoms with Crippen molar-refractivity contribution in [2.75, 3.05) is 26.4 Å². The first-order chi connectivity index (χ1) is 16.6. The highest BCUT2D eigenvalue weighted by Crippen LogP contribution is 2.01. The van der Waals surface area contributed by atoms with E-state index in [2.05, 4.69) is 27.4 Å². The van der Waals surface area contributed by atoms with Gasteiger partial charge in [-0.05, 0) is 40.0 Å². The monoisotopic (exact) mass is 504 g/mol. The molecule has 2 aliphatic heterocycles. The third-order valence-electron chi connectivity index (χ3n) is 2.99. The minimum Gasteiger partial charge on any atom is -0.466 e. The maximum atomic E-state index is 10.6. The molecule has 2 heterocycles. The van der Waals surface area contributed by atoms with Gasteiger partial charge in [0.1, 0.15) is 0 Å². The molecule has 0 N–H and O–H groups in total. The number of hydrogen-bond donors (Lipinski definition) is 0. The van der Waals surface area contributed by atoms with Gasteiger partial charge in [-0.1, -0.05) is 61.6 Å². The van der Waals surface area contributed by atoms with Crippen LogP contribution in [0.25, 0.3) is 0 Å². The van der Waals surface area contributed by atoms with Crippen LogP contribution >= 0.6 is 0 Å². The number of carbonyl (C=O) groups excluding carboxylic acids is 4. The lowest BCUT2D eigenvalue weighted by atomic mass is 10.4. The highest BCUT2D eigenvalue weighted by atomic mass is 16.5. The molecule has 2 saturated heterocycles. The lowest BCUT2D eigenvalue weighted by Crippen LogP contribution is -2.04. The van der Waals surface area contributed by atoms with Gasteiger partial charge in [0.2, 0.25) is 0 Å². The van der Waals surface area contributed by atoms with E-state index in [4.69, 9.17) is 4.74 Å². The quantitative estimate of drug-likeness (QED) is 0.242. The van der Waals surface area contributed by atoms with Gasteiger partial charge in [0.25, 0.3) is 0 Å². The Kier molecular flexibility index (Phi) is 43.7. The normalized spacial score (nSPS) is 11.8. The zero-order valence-electron chi connectivity index (χ0n) is 24.0. The van der Waals surface area contributed by atoms with E-state index in [-0.39, 0.29) is 23.9 Å². The third kappa shape index (κ3) is 38.9. The summed E-state index contributed by atoms with van der Waals surface area (Å²) in [5, 5.41) is 0. The van der Waals surface area contributed by atoms with E-state index in [0.717, 1.165) is 19.3 Å². The first kappa shape index (κ1) is 42.5. The number of esters is 4. The zero-order chi connectivity index (χ0) is 28.7. The van der Waals surface area contributed by atoms with Crippen molar-refractivity contribution >= 4 is 23.9 Å². The number of carbonyl (C=O) groups is 4. The molecule has 0 aromatic heterocycles. The van der Waals surface area contributed by atoms with Crippen LogP contribution in [-0.2, 0) is 38.1 Å². The Morgan fingerprint density at radius 1 is 0.743 bits per heavy atom. The van der Waals surface area contributed by atoms with Crippen molar-refractivity contribution in [2.45, 2.75) is 101 Å². The first-order valence-corrected chi connectivity index (χ1v) is 12.6. The Hall–Kier alpha value is -2.64. The van der Waals surface area contributed by atoms with Gasteiger partial charge >= 0.3 is 23.9 Å². The Bertz CT molecular complexity index is 517. The number of cyclic esters (lactones) is 2. The van der Waals surface area contributed by atoms with Gasteiger partial charge in [-0.3, -0.25) is 9.59 Å². The van der Waals surface area contributed by atoms with Crippen LogP contribution in [0.15, 0.2) is 24.3 Å². The van der Waals surface area contributed by atoms with Crippen LogP contribution in [0.4, 0.5) is 0 Å². The van der Waals surface area contributed by atoms with Crippen LogP contribution in [-0.4, -0.2) is 50.3 Å². The minimum atomic E-state index is -0.312. The van der Waals surface area contributed by atoms with Crippen LogP contribution in [0, 0.1) is 0 Å². The predicted octanol–water partition coefficient (Wildman–Crippen LogP) is 6.37. The second kappa shape index (κ2) is 35.9. The zero-order valence-corrected chi connectivity index (χ0v) is 24.0. The molecule has 0 amide bonds. The van der Waals surface area contributed by atoms with E-state index < -0.39 is 0 Å². The Morgan fingerprint density at radius 2 is 1.09 bits per heavy atom. The molecule has 35 heavy (non-hydrogen) atoms. The predicted molar refractivity (Wildman–Crippen MR) is 142 cm³/mol. The molecular formula is C27H52O8. The van der Waals surface area contributed by atoms with E-state index in [1.54, 1.807) is 20.8 Å². The molecule has 2 fully saturated rings. The number of hydrogen-bond acceptors (Lipinski definition) is 8. The summed E-state index contributed by atoms with van der Waals surface area (Å²) in [6.07, 6.45) is 3.94. The summed E-state index contributed by atoms with van der Waals surface area (Å²) < 4.78 is 18.3. The summed E-state index contributed by atoms with van der Waals surface area (Å²) in [6, 6.07) is 0. The molecule has 2 rings (SSSR count). The van der Waals surface area contributed by atoms with Crippen LogP contribution in [0.3, 0.4) is 0 Å². The Balaban J connectivity index is -0.000000107. The first-order valence-electron chi connectivity index (χ1n) is 12.6. The highest BCUT2D eigenvalue weighted by Gasteiger charge is 2.09. The lowest BCUT2D eigenvalue weighted by molar-refractivity contribution is -0.139. The second-order valence-electron chi connectivity index (χ2n) is 6.07. The van der Waals surface area contributed by atoms with Crippen molar-refractivity contribution in [2.24, 2.45) is 0 Å². The molecule has 0 saturated carbocycles. The van der Waals surface area contributed by atoms with E-state index in [0.29, 0.717) is 50.4 Å². The van der Waals surface area contributed by atoms with E-state index >= 15 is 0 Å². The van der Waals surface area contributed by atoms with Gasteiger partial charge in [-0.2, -0.15) is 0 Å². The molecule has 2 aliphatic rings. The maximum Gasteiger partial charge on any atom is 0.333 e. The van der Waals surface area contributed by atoms with Crippen LogP contribution < -0.4 is 0 Å². The van der Waals surface area contributed by atoms with Gasteiger partial charge in [-0.25, -0.2) is 9.59 Å². The summed E-state index contributed by atoms with van der Waals surface area (Å²) >= 11 is 0. The average molecular weight is 505 g/mol. The molecule has 0 aliphatic carbocycles. The minimum absolute atomic E-state index is 0.0463. The van der Waals surface area contributed by atoms with Crippen molar-refractivity contribution in [3.8, 4) is 0 Å². The lowest BCUT2D eigenvalue weighted by Gasteiger charge is -1.99. The molecule has 8 heteroatoms. The van der Waals surface area contributed by atoms with E-state index in [9.17, 15) is 19.2 Å². The van der Waals surface area contributed by atoms with Gasteiger partial charge in [0.15, 0.2) is 0 Å². The number of ether oxygens (including phenoxy) is 4. The molecule has 0 atom stereocenters. The van der Waals surface area contributed by atoms with Crippen molar-refractivity contribution in [3.05, 3.63) is 24.3 Å². The van der Waals surface area contributed by atoms with E-state index in [1.165, 1.54) is 0 Å². The largest absolute Gasteiger partial charge is 0.466 e. The fourth-order valence-electron chi connectivity index (χ4n) is 1.52. The molecule has 8 nitrogen and oxygen atoms in total. The van der Waals surface area contributed by atoms with Crippen molar-refractivity contribution in [1.29, 1.82) is 0 Å². The van der Waals surface area contributed by atoms with E-state index in [1.807, 2.05) is 48.5 Å². The SMILES string of the molecule is C=C(C)C(=O)OCC.C=C(C)C(=O)OCCC.CC.CC.CC.O=C1CCCO1.O=C1CCCO1. The second-order valence-corrected chi connectivity index (χ2v) is 6.07. The maximum absolute atomic E-state index is 10.6. The van der Waals surface area contributed by atoms with Crippen LogP contribution in [0.5, 0.6) is 0 Å². The topological polar surface area (TPSA) is 105 Å². The fourth-order valence-corrected chi connectivity index (χ4v) is 1.52. The average Bonchev–Trinajstić information content (AvgIpc) is 3.56. The third-order valence-corrected chi connectivity index (χ3v) is 2.99. The van der Waals surface area contributed by atoms with Gasteiger partial charge in [0.05, 0.1) is 26.4 Å². The van der Waals surface area contributed by atoms with Crippen molar-refractivity contribution in [1.82, 2.24) is 0 Å². The molecule has 0 radical (unpaired) electrons. The molecule has 0 aromatic rings. The van der Waals surface area contributed by atoms with Crippen molar-refractivity contribution < 1.29 is 38.1 Å². The number of rotatable bonds is 5. The summed E-state index contributed by atoms with van der Waals surface area (Å²) in [5.41, 5.74) is 0.912. The van der Waals surface area contributed by atoms with Gasteiger partial charge < -0.3 is 18.9 Å². The molecular weight excluding hydrogens is 452 g/mol. The molecule has 0 bridgehead atoms. The van der Waals surface area contributed by atoms with Crippen LogP contribution in [0.1, 0.15) is 101 Å². The smallest absolute Gasteiger partial charge is 0.333 e. The Morgan fingerprint density at radius 3 is 1.23 bits per heavy atom. The highest BCUT2D eigenvalue weighted by molar-refractivity contribution is 5.87. The summed E-state index contributed by atoms with van der Waals surface area (Å²) in [6.45, 7) is 28.0. The summed E-state index contributed by atoms with van der Waals surface area (Å²) in [5.74, 6) is -0.700. The molecule has 0 unspecified atom stereocenters. The molecule has 0 aromatic carbocycles. The summed E-state index contributed by atoms with van der Waals surface area (Å²) in [7, 11) is 0. The molecule has 0 spiro atoms. The Labute approximate surface area is 214 Å². The van der Waals surface area contributed by atoms with Gasteiger partial charge in [-0.15, -0.1) is 0 Å². The summed E-state index contributed by atoms with van der Waals surface area (Å²) in [4.78, 5) is 41.0. The fraction of sp³-hybridized carbons (Fsp3) is 0.704.